The molecule has 0 saturated heterocycles. The van der Waals surface area contributed by atoms with Gasteiger partial charge < -0.3 is 5.73 Å². The van der Waals surface area contributed by atoms with Gasteiger partial charge in [0.05, 0.1) is 11.9 Å². The molecule has 0 unspecified atom stereocenters. The first-order valence-electron chi connectivity index (χ1n) is 4.66. The summed E-state index contributed by atoms with van der Waals surface area (Å²) in [5.41, 5.74) is 5.99. The third kappa shape index (κ3) is 2.77. The number of hydrogen-bond acceptors (Lipinski definition) is 5. The van der Waals surface area contributed by atoms with Crippen LogP contribution in [0.5, 0.6) is 0 Å². The summed E-state index contributed by atoms with van der Waals surface area (Å²) in [6.07, 6.45) is 1.27. The molecule has 1 aromatic heterocycles. The molecule has 0 aliphatic rings. The van der Waals surface area contributed by atoms with E-state index in [4.69, 9.17) is 17.3 Å². The van der Waals surface area contributed by atoms with Gasteiger partial charge in [-0.05, 0) is 11.6 Å². The lowest BCUT2D eigenvalue weighted by Gasteiger charge is -2.03. The molecule has 2 N–H and O–H groups in total. The molecule has 0 spiro atoms. The highest BCUT2D eigenvalue weighted by Crippen LogP contribution is 2.26. The maximum Gasteiger partial charge on any atom is 0.193 e. The standard InChI is InChI=1S/C10H9ClN2O2S2/c11-8-4-2-1-3-7(8)6-17(14,15)9-5-13-10(12)16-9/h1-5H,6H2,(H2,12,13). The minimum Gasteiger partial charge on any atom is -0.375 e. The van der Waals surface area contributed by atoms with Crippen LogP contribution in [0.25, 0.3) is 0 Å². The first-order chi connectivity index (χ1) is 7.99. The van der Waals surface area contributed by atoms with Gasteiger partial charge in [0.25, 0.3) is 0 Å². The predicted molar refractivity (Wildman–Crippen MR) is 68.9 cm³/mol. The van der Waals surface area contributed by atoms with Gasteiger partial charge in [0.15, 0.2) is 15.0 Å². The SMILES string of the molecule is Nc1ncc(S(=O)(=O)Cc2ccccc2Cl)s1. The van der Waals surface area contributed by atoms with Gasteiger partial charge in [-0.15, -0.1) is 0 Å². The molecule has 90 valence electrons. The summed E-state index contributed by atoms with van der Waals surface area (Å²) in [6, 6.07) is 6.85. The van der Waals surface area contributed by atoms with Crippen LogP contribution in [0, 0.1) is 0 Å². The molecule has 1 aromatic carbocycles. The predicted octanol–water partition coefficient (Wildman–Crippen LogP) is 2.35. The van der Waals surface area contributed by atoms with Crippen molar-refractivity contribution in [1.82, 2.24) is 4.98 Å². The first-order valence-corrected chi connectivity index (χ1v) is 7.51. The fraction of sp³-hybridized carbons (Fsp3) is 0.100. The first kappa shape index (κ1) is 12.3. The molecular formula is C10H9ClN2O2S2. The molecule has 0 amide bonds. The van der Waals surface area contributed by atoms with E-state index in [9.17, 15) is 8.42 Å². The zero-order valence-electron chi connectivity index (χ0n) is 8.63. The Bertz CT molecular complexity index is 637. The zero-order valence-corrected chi connectivity index (χ0v) is 11.0. The third-order valence-corrected chi connectivity index (χ3v) is 5.52. The number of thiazole rings is 1. The van der Waals surface area contributed by atoms with Gasteiger partial charge in [-0.3, -0.25) is 0 Å². The van der Waals surface area contributed by atoms with E-state index in [0.29, 0.717) is 10.6 Å². The fourth-order valence-corrected chi connectivity index (χ4v) is 3.96. The van der Waals surface area contributed by atoms with Crippen molar-refractivity contribution in [3.63, 3.8) is 0 Å². The number of benzene rings is 1. The van der Waals surface area contributed by atoms with E-state index in [1.54, 1.807) is 24.3 Å². The van der Waals surface area contributed by atoms with Crippen LogP contribution >= 0.6 is 22.9 Å². The van der Waals surface area contributed by atoms with E-state index in [2.05, 4.69) is 4.98 Å². The van der Waals surface area contributed by atoms with Crippen molar-refractivity contribution in [2.24, 2.45) is 0 Å². The number of sulfone groups is 1. The highest BCUT2D eigenvalue weighted by molar-refractivity contribution is 7.92. The summed E-state index contributed by atoms with van der Waals surface area (Å²) in [5, 5.41) is 0.677. The van der Waals surface area contributed by atoms with E-state index in [1.807, 2.05) is 0 Å². The Labute approximate surface area is 108 Å². The molecule has 0 atom stereocenters. The highest BCUT2D eigenvalue weighted by atomic mass is 35.5. The van der Waals surface area contributed by atoms with Crippen LogP contribution in [-0.4, -0.2) is 13.4 Å². The van der Waals surface area contributed by atoms with Gasteiger partial charge in [0.1, 0.15) is 4.21 Å². The smallest absolute Gasteiger partial charge is 0.193 e. The molecule has 4 nitrogen and oxygen atoms in total. The Balaban J connectivity index is 2.33. The molecule has 0 saturated carbocycles. The van der Waals surface area contributed by atoms with E-state index < -0.39 is 9.84 Å². The normalized spacial score (nSPS) is 11.6. The van der Waals surface area contributed by atoms with Crippen LogP contribution in [0.15, 0.2) is 34.7 Å². The van der Waals surface area contributed by atoms with Crippen molar-refractivity contribution in [3.8, 4) is 0 Å². The van der Waals surface area contributed by atoms with Crippen molar-refractivity contribution >= 4 is 37.9 Å². The second kappa shape index (κ2) is 4.64. The highest BCUT2D eigenvalue weighted by Gasteiger charge is 2.19. The topological polar surface area (TPSA) is 73.0 Å². The van der Waals surface area contributed by atoms with Crippen LogP contribution in [0.3, 0.4) is 0 Å². The number of nitrogen functional groups attached to an aromatic ring is 1. The Morgan fingerprint density at radius 2 is 2.06 bits per heavy atom. The monoisotopic (exact) mass is 288 g/mol. The van der Waals surface area contributed by atoms with E-state index in [0.717, 1.165) is 11.3 Å². The van der Waals surface area contributed by atoms with Gasteiger partial charge in [-0.1, -0.05) is 41.1 Å². The Kier molecular flexibility index (Phi) is 3.37. The van der Waals surface area contributed by atoms with Crippen molar-refractivity contribution in [2.45, 2.75) is 9.96 Å². The zero-order chi connectivity index (χ0) is 12.5. The van der Waals surface area contributed by atoms with Crippen molar-refractivity contribution in [2.75, 3.05) is 5.73 Å². The molecule has 0 aliphatic carbocycles. The number of halogens is 1. The van der Waals surface area contributed by atoms with Crippen LogP contribution in [-0.2, 0) is 15.6 Å². The number of rotatable bonds is 3. The number of nitrogens with zero attached hydrogens (tertiary/aromatic N) is 1. The lowest BCUT2D eigenvalue weighted by atomic mass is 10.2. The molecule has 0 fully saturated rings. The molecular weight excluding hydrogens is 280 g/mol. The molecule has 2 rings (SSSR count). The third-order valence-electron chi connectivity index (χ3n) is 2.11. The van der Waals surface area contributed by atoms with Crippen LogP contribution in [0.2, 0.25) is 5.02 Å². The lowest BCUT2D eigenvalue weighted by Crippen LogP contribution is -2.03. The minimum absolute atomic E-state index is 0.145. The molecule has 17 heavy (non-hydrogen) atoms. The van der Waals surface area contributed by atoms with Gasteiger partial charge in [-0.25, -0.2) is 13.4 Å². The number of aromatic nitrogens is 1. The summed E-state index contributed by atoms with van der Waals surface area (Å²) >= 11 is 6.88. The average Bonchev–Trinajstić information content (AvgIpc) is 2.69. The van der Waals surface area contributed by atoms with Gasteiger partial charge in [-0.2, -0.15) is 0 Å². The Morgan fingerprint density at radius 3 is 2.65 bits per heavy atom. The number of nitrogens with two attached hydrogens (primary N) is 1. The molecule has 0 radical (unpaired) electrons. The van der Waals surface area contributed by atoms with Gasteiger partial charge in [0, 0.05) is 5.02 Å². The number of anilines is 1. The largest absolute Gasteiger partial charge is 0.375 e. The van der Waals surface area contributed by atoms with Crippen molar-refractivity contribution in [1.29, 1.82) is 0 Å². The summed E-state index contributed by atoms with van der Waals surface area (Å²) in [4.78, 5) is 3.73. The summed E-state index contributed by atoms with van der Waals surface area (Å²) < 4.78 is 24.2. The quantitative estimate of drug-likeness (QED) is 0.941. The van der Waals surface area contributed by atoms with Crippen LogP contribution in [0.1, 0.15) is 5.56 Å². The molecule has 7 heteroatoms. The van der Waals surface area contributed by atoms with Crippen molar-refractivity contribution in [3.05, 3.63) is 41.0 Å². The van der Waals surface area contributed by atoms with Gasteiger partial charge >= 0.3 is 0 Å². The maximum absolute atomic E-state index is 12.0. The van der Waals surface area contributed by atoms with Crippen molar-refractivity contribution < 1.29 is 8.42 Å². The second-order valence-electron chi connectivity index (χ2n) is 3.37. The van der Waals surface area contributed by atoms with Gasteiger partial charge in [0.2, 0.25) is 0 Å². The van der Waals surface area contributed by atoms with E-state index in [-0.39, 0.29) is 15.1 Å². The number of hydrogen-bond donors (Lipinski definition) is 1. The molecule has 2 aromatic rings. The second-order valence-corrected chi connectivity index (χ2v) is 7.05. The molecule has 0 bridgehead atoms. The summed E-state index contributed by atoms with van der Waals surface area (Å²) in [7, 11) is -3.42. The average molecular weight is 289 g/mol. The summed E-state index contributed by atoms with van der Waals surface area (Å²) in [5.74, 6) is -0.145. The van der Waals surface area contributed by atoms with Crippen LogP contribution in [0.4, 0.5) is 5.13 Å². The minimum atomic E-state index is -3.42. The van der Waals surface area contributed by atoms with E-state index in [1.165, 1.54) is 6.20 Å². The Hall–Kier alpha value is -1.11. The van der Waals surface area contributed by atoms with E-state index >= 15 is 0 Å². The van der Waals surface area contributed by atoms with Crippen LogP contribution < -0.4 is 5.73 Å². The summed E-state index contributed by atoms with van der Waals surface area (Å²) in [6.45, 7) is 0. The maximum atomic E-state index is 12.0. The molecule has 1 heterocycles. The lowest BCUT2D eigenvalue weighted by molar-refractivity contribution is 0.597. The Morgan fingerprint density at radius 1 is 1.35 bits per heavy atom. The fourth-order valence-electron chi connectivity index (χ4n) is 1.31. The molecule has 0 aliphatic heterocycles.